The summed E-state index contributed by atoms with van der Waals surface area (Å²) >= 11 is 3.48. The van der Waals surface area contributed by atoms with E-state index >= 15 is 0 Å². The van der Waals surface area contributed by atoms with Gasteiger partial charge in [0.1, 0.15) is 11.6 Å². The topological polar surface area (TPSA) is 29.5 Å². The summed E-state index contributed by atoms with van der Waals surface area (Å²) in [5.41, 5.74) is 3.31. The zero-order chi connectivity index (χ0) is 15.0. The van der Waals surface area contributed by atoms with Crippen LogP contribution in [0.3, 0.4) is 0 Å². The first-order valence-corrected chi connectivity index (χ1v) is 7.72. The Hall–Kier alpha value is -1.39. The number of rotatable bonds is 3. The van der Waals surface area contributed by atoms with Gasteiger partial charge in [-0.3, -0.25) is 0 Å². The Morgan fingerprint density at radius 3 is 2.95 bits per heavy atom. The van der Waals surface area contributed by atoms with E-state index in [9.17, 15) is 9.50 Å². The third-order valence-corrected chi connectivity index (χ3v) is 4.21. The Balaban J connectivity index is 1.92. The normalized spacial score (nSPS) is 14.7. The molecule has 1 heterocycles. The minimum atomic E-state index is -0.882. The fourth-order valence-corrected chi connectivity index (χ4v) is 3.29. The third kappa shape index (κ3) is 2.97. The molecule has 0 aromatic heterocycles. The average molecular weight is 351 g/mol. The number of aryl methyl sites for hydroxylation is 1. The van der Waals surface area contributed by atoms with Crippen LogP contribution in [0.2, 0.25) is 0 Å². The van der Waals surface area contributed by atoms with Crippen LogP contribution < -0.4 is 4.74 Å². The number of aliphatic hydroxyl groups excluding tert-OH is 1. The van der Waals surface area contributed by atoms with Gasteiger partial charge >= 0.3 is 0 Å². The molecule has 0 aliphatic carbocycles. The van der Waals surface area contributed by atoms with E-state index in [1.807, 2.05) is 19.1 Å². The Morgan fingerprint density at radius 2 is 2.14 bits per heavy atom. The van der Waals surface area contributed by atoms with Crippen molar-refractivity contribution < 1.29 is 14.2 Å². The molecule has 1 aliphatic heterocycles. The lowest BCUT2D eigenvalue weighted by molar-refractivity contribution is 0.172. The SMILES string of the molecule is Cc1ccc(F)c(C(O)Cc2cc(Br)cc3c2OCC3)c1. The fourth-order valence-electron chi connectivity index (χ4n) is 2.73. The molecule has 0 spiro atoms. The molecule has 21 heavy (non-hydrogen) atoms. The van der Waals surface area contributed by atoms with Crippen LogP contribution in [0, 0.1) is 12.7 Å². The van der Waals surface area contributed by atoms with Crippen LogP contribution in [0.4, 0.5) is 4.39 Å². The lowest BCUT2D eigenvalue weighted by Crippen LogP contribution is -2.06. The van der Waals surface area contributed by atoms with Gasteiger partial charge in [-0.1, -0.05) is 33.6 Å². The highest BCUT2D eigenvalue weighted by Gasteiger charge is 2.21. The van der Waals surface area contributed by atoms with Gasteiger partial charge in [0.15, 0.2) is 0 Å². The summed E-state index contributed by atoms with van der Waals surface area (Å²) in [4.78, 5) is 0. The monoisotopic (exact) mass is 350 g/mol. The van der Waals surface area contributed by atoms with Gasteiger partial charge in [0.05, 0.1) is 12.7 Å². The molecule has 4 heteroatoms. The van der Waals surface area contributed by atoms with E-state index in [-0.39, 0.29) is 5.82 Å². The summed E-state index contributed by atoms with van der Waals surface area (Å²) in [6.45, 7) is 2.54. The molecule has 110 valence electrons. The number of hydrogen-bond donors (Lipinski definition) is 1. The van der Waals surface area contributed by atoms with Crippen molar-refractivity contribution in [1.82, 2.24) is 0 Å². The number of ether oxygens (including phenoxy) is 1. The smallest absolute Gasteiger partial charge is 0.129 e. The predicted molar refractivity (Wildman–Crippen MR) is 83.1 cm³/mol. The molecule has 0 radical (unpaired) electrons. The fraction of sp³-hybridized carbons (Fsp3) is 0.294. The molecule has 0 amide bonds. The summed E-state index contributed by atoms with van der Waals surface area (Å²) in [7, 11) is 0. The maximum atomic E-state index is 13.9. The summed E-state index contributed by atoms with van der Waals surface area (Å²) < 4.78 is 20.5. The number of benzene rings is 2. The molecule has 3 rings (SSSR count). The quantitative estimate of drug-likeness (QED) is 0.902. The average Bonchev–Trinajstić information content (AvgIpc) is 2.89. The van der Waals surface area contributed by atoms with Crippen molar-refractivity contribution in [1.29, 1.82) is 0 Å². The van der Waals surface area contributed by atoms with E-state index in [4.69, 9.17) is 4.74 Å². The van der Waals surface area contributed by atoms with E-state index in [0.717, 1.165) is 33.3 Å². The summed E-state index contributed by atoms with van der Waals surface area (Å²) in [6, 6.07) is 8.76. The maximum Gasteiger partial charge on any atom is 0.129 e. The minimum Gasteiger partial charge on any atom is -0.493 e. The van der Waals surface area contributed by atoms with Gasteiger partial charge in [0.25, 0.3) is 0 Å². The van der Waals surface area contributed by atoms with Crippen molar-refractivity contribution in [3.05, 3.63) is 62.9 Å². The lowest BCUT2D eigenvalue weighted by atomic mass is 9.97. The van der Waals surface area contributed by atoms with E-state index in [1.165, 1.54) is 6.07 Å². The van der Waals surface area contributed by atoms with E-state index in [0.29, 0.717) is 18.6 Å². The van der Waals surface area contributed by atoms with Gasteiger partial charge in [-0.25, -0.2) is 4.39 Å². The zero-order valence-corrected chi connectivity index (χ0v) is 13.3. The van der Waals surface area contributed by atoms with Gasteiger partial charge in [-0.15, -0.1) is 0 Å². The molecule has 2 nitrogen and oxygen atoms in total. The van der Waals surface area contributed by atoms with Gasteiger partial charge in [-0.2, -0.15) is 0 Å². The van der Waals surface area contributed by atoms with Crippen LogP contribution in [-0.2, 0) is 12.8 Å². The minimum absolute atomic E-state index is 0.335. The molecule has 1 unspecified atom stereocenters. The van der Waals surface area contributed by atoms with E-state index in [2.05, 4.69) is 15.9 Å². The Labute approximate surface area is 131 Å². The summed E-state index contributed by atoms with van der Waals surface area (Å²) in [6.07, 6.45) is 0.325. The number of halogens is 2. The van der Waals surface area contributed by atoms with Crippen molar-refractivity contribution in [2.75, 3.05) is 6.61 Å². The lowest BCUT2D eigenvalue weighted by Gasteiger charge is -2.15. The second-order valence-corrected chi connectivity index (χ2v) is 6.31. The van der Waals surface area contributed by atoms with Crippen LogP contribution in [0.25, 0.3) is 0 Å². The predicted octanol–water partition coefficient (Wildman–Crippen LogP) is 4.11. The molecule has 2 aromatic carbocycles. The Kier molecular flexibility index (Phi) is 4.00. The molecule has 0 saturated carbocycles. The molecule has 0 saturated heterocycles. The van der Waals surface area contributed by atoms with Crippen LogP contribution in [0.5, 0.6) is 5.75 Å². The van der Waals surface area contributed by atoms with Crippen molar-refractivity contribution in [2.24, 2.45) is 0 Å². The van der Waals surface area contributed by atoms with Crippen LogP contribution in [-0.4, -0.2) is 11.7 Å². The van der Waals surface area contributed by atoms with Crippen molar-refractivity contribution in [2.45, 2.75) is 25.9 Å². The van der Waals surface area contributed by atoms with Crippen molar-refractivity contribution in [3.63, 3.8) is 0 Å². The largest absolute Gasteiger partial charge is 0.493 e. The van der Waals surface area contributed by atoms with Crippen LogP contribution >= 0.6 is 15.9 Å². The summed E-state index contributed by atoms with van der Waals surface area (Å²) in [5.74, 6) is 0.464. The van der Waals surface area contributed by atoms with Crippen molar-refractivity contribution >= 4 is 15.9 Å². The van der Waals surface area contributed by atoms with Crippen LogP contribution in [0.15, 0.2) is 34.8 Å². The zero-order valence-electron chi connectivity index (χ0n) is 11.7. The first-order valence-electron chi connectivity index (χ1n) is 6.93. The molecule has 0 fully saturated rings. The Morgan fingerprint density at radius 1 is 1.33 bits per heavy atom. The van der Waals surface area contributed by atoms with Crippen molar-refractivity contribution in [3.8, 4) is 5.75 Å². The second kappa shape index (κ2) is 5.78. The first kappa shape index (κ1) is 14.5. The van der Waals surface area contributed by atoms with Gasteiger partial charge in [0.2, 0.25) is 0 Å². The molecular formula is C17H16BrFO2. The molecule has 2 aromatic rings. The van der Waals surface area contributed by atoms with Crippen LogP contribution in [0.1, 0.15) is 28.4 Å². The van der Waals surface area contributed by atoms with Gasteiger partial charge < -0.3 is 9.84 Å². The standard InChI is InChI=1S/C17H16BrFO2/c1-10-2-3-15(19)14(6-10)16(20)9-12-8-13(18)7-11-4-5-21-17(11)12/h2-3,6-8,16,20H,4-5,9H2,1H3. The highest BCUT2D eigenvalue weighted by atomic mass is 79.9. The number of aliphatic hydroxyl groups is 1. The Bertz CT molecular complexity index is 685. The molecule has 1 atom stereocenters. The second-order valence-electron chi connectivity index (χ2n) is 5.40. The molecule has 0 bridgehead atoms. The van der Waals surface area contributed by atoms with E-state index < -0.39 is 6.10 Å². The molecule has 1 N–H and O–H groups in total. The van der Waals surface area contributed by atoms with Gasteiger partial charge in [0, 0.05) is 22.9 Å². The highest BCUT2D eigenvalue weighted by Crippen LogP contribution is 2.35. The molecular weight excluding hydrogens is 335 g/mol. The molecule has 1 aliphatic rings. The summed E-state index contributed by atoms with van der Waals surface area (Å²) in [5, 5.41) is 10.4. The number of hydrogen-bond acceptors (Lipinski definition) is 2. The van der Waals surface area contributed by atoms with Gasteiger partial charge in [-0.05, 0) is 36.2 Å². The highest BCUT2D eigenvalue weighted by molar-refractivity contribution is 9.10. The van der Waals surface area contributed by atoms with E-state index in [1.54, 1.807) is 12.1 Å². The maximum absolute atomic E-state index is 13.9. The first-order chi connectivity index (χ1) is 10.0. The third-order valence-electron chi connectivity index (χ3n) is 3.75. The number of fused-ring (bicyclic) bond motifs is 1.